The Morgan fingerprint density at radius 3 is 2.57 bits per heavy atom. The molecule has 11 heteroatoms. The van der Waals surface area contributed by atoms with Crippen LogP contribution in [0.25, 0.3) is 10.2 Å². The lowest BCUT2D eigenvalue weighted by molar-refractivity contribution is -0.167. The minimum Gasteiger partial charge on any atom is -0.294 e. The Kier molecular flexibility index (Phi) is 3.91. The number of aromatic nitrogens is 1. The van der Waals surface area contributed by atoms with Crippen LogP contribution in [-0.2, 0) is 14.8 Å². The number of alkyl halides is 3. The lowest BCUT2D eigenvalue weighted by Crippen LogP contribution is -2.29. The lowest BCUT2D eigenvalue weighted by Gasteiger charge is -2.03. The van der Waals surface area contributed by atoms with Gasteiger partial charge in [-0.2, -0.15) is 13.2 Å². The van der Waals surface area contributed by atoms with E-state index in [1.807, 2.05) is 0 Å². The van der Waals surface area contributed by atoms with E-state index in [4.69, 9.17) is 0 Å². The van der Waals surface area contributed by atoms with E-state index < -0.39 is 22.1 Å². The summed E-state index contributed by atoms with van der Waals surface area (Å²) in [5, 5.41) is 1.36. The monoisotopic (exact) mass is 339 g/mol. The predicted octanol–water partition coefficient (Wildman–Crippen LogP) is 1.71. The Labute approximate surface area is 121 Å². The third kappa shape index (κ3) is 3.31. The van der Waals surface area contributed by atoms with Crippen LogP contribution >= 0.6 is 11.3 Å². The first-order valence-electron chi connectivity index (χ1n) is 5.36. The average Bonchev–Trinajstić information content (AvgIpc) is 2.78. The summed E-state index contributed by atoms with van der Waals surface area (Å²) in [7, 11) is -2.43. The third-order valence-electron chi connectivity index (χ3n) is 2.42. The van der Waals surface area contributed by atoms with Crippen molar-refractivity contribution >= 4 is 42.6 Å². The van der Waals surface area contributed by atoms with Gasteiger partial charge in [0.25, 0.3) is 0 Å². The summed E-state index contributed by atoms with van der Waals surface area (Å²) >= 11 is 0.747. The molecular formula is C10H8F3N3O3S2. The molecule has 1 aromatic carbocycles. The highest BCUT2D eigenvalue weighted by Crippen LogP contribution is 2.29. The topological polar surface area (TPSA) is 88.2 Å². The lowest BCUT2D eigenvalue weighted by atomic mass is 10.3. The highest BCUT2D eigenvalue weighted by atomic mass is 32.2. The van der Waals surface area contributed by atoms with Crippen LogP contribution in [0, 0.1) is 0 Å². The van der Waals surface area contributed by atoms with Crippen molar-refractivity contribution in [2.24, 2.45) is 0 Å². The molecule has 21 heavy (non-hydrogen) atoms. The Bertz CT molecular complexity index is 799. The molecule has 2 aromatic rings. The maximum Gasteiger partial charge on any atom is 0.471 e. The molecule has 1 amide bonds. The van der Waals surface area contributed by atoms with E-state index in [1.165, 1.54) is 25.2 Å². The van der Waals surface area contributed by atoms with Crippen LogP contribution in [0.1, 0.15) is 0 Å². The molecule has 2 rings (SSSR count). The SMILES string of the molecule is CNS(=O)(=O)c1ccc2nc(NC(=O)C(F)(F)F)sc2c1. The van der Waals surface area contributed by atoms with Crippen molar-refractivity contribution in [3.63, 3.8) is 0 Å². The smallest absolute Gasteiger partial charge is 0.294 e. The number of anilines is 1. The molecule has 1 heterocycles. The van der Waals surface area contributed by atoms with E-state index in [9.17, 15) is 26.4 Å². The van der Waals surface area contributed by atoms with Crippen molar-refractivity contribution in [2.75, 3.05) is 12.4 Å². The zero-order chi connectivity index (χ0) is 15.8. The summed E-state index contributed by atoms with van der Waals surface area (Å²) in [5.41, 5.74) is 0.285. The van der Waals surface area contributed by atoms with E-state index in [2.05, 4.69) is 9.71 Å². The Morgan fingerprint density at radius 2 is 2.00 bits per heavy atom. The van der Waals surface area contributed by atoms with Gasteiger partial charge in [0.2, 0.25) is 10.0 Å². The first kappa shape index (κ1) is 15.7. The molecule has 0 bridgehead atoms. The summed E-state index contributed by atoms with van der Waals surface area (Å²) in [6.07, 6.45) is -5.02. The van der Waals surface area contributed by atoms with Crippen LogP contribution in [0.2, 0.25) is 0 Å². The molecule has 0 saturated carbocycles. The number of thiazole rings is 1. The molecule has 0 aliphatic carbocycles. The molecule has 0 spiro atoms. The molecule has 0 atom stereocenters. The van der Waals surface area contributed by atoms with Gasteiger partial charge in [-0.05, 0) is 25.2 Å². The first-order chi connectivity index (χ1) is 9.63. The van der Waals surface area contributed by atoms with Crippen molar-refractivity contribution in [1.82, 2.24) is 9.71 Å². The number of rotatable bonds is 3. The normalized spacial score (nSPS) is 12.6. The Balaban J connectivity index is 2.37. The number of nitrogens with one attached hydrogen (secondary N) is 2. The molecule has 0 saturated heterocycles. The fourth-order valence-corrected chi connectivity index (χ4v) is 3.14. The second-order valence-electron chi connectivity index (χ2n) is 3.81. The zero-order valence-corrected chi connectivity index (χ0v) is 12.0. The van der Waals surface area contributed by atoms with Crippen molar-refractivity contribution in [2.45, 2.75) is 11.1 Å². The Hall–Kier alpha value is -1.72. The van der Waals surface area contributed by atoms with Gasteiger partial charge >= 0.3 is 12.1 Å². The highest BCUT2D eigenvalue weighted by Gasteiger charge is 2.39. The molecule has 0 aliphatic rings. The van der Waals surface area contributed by atoms with E-state index in [1.54, 1.807) is 5.32 Å². The summed E-state index contributed by atoms with van der Waals surface area (Å²) in [5.74, 6) is -2.13. The summed E-state index contributed by atoms with van der Waals surface area (Å²) < 4.78 is 62.1. The van der Waals surface area contributed by atoms with Gasteiger partial charge in [-0.1, -0.05) is 11.3 Å². The summed E-state index contributed by atoms with van der Waals surface area (Å²) in [4.78, 5) is 14.5. The number of nitrogens with zero attached hydrogens (tertiary/aromatic N) is 1. The van der Waals surface area contributed by atoms with Gasteiger partial charge in [0.15, 0.2) is 5.13 Å². The largest absolute Gasteiger partial charge is 0.471 e. The molecular weight excluding hydrogens is 331 g/mol. The van der Waals surface area contributed by atoms with Crippen molar-refractivity contribution in [1.29, 1.82) is 0 Å². The fraction of sp³-hybridized carbons (Fsp3) is 0.200. The number of carbonyl (C=O) groups is 1. The predicted molar refractivity (Wildman–Crippen MR) is 70.6 cm³/mol. The van der Waals surface area contributed by atoms with Crippen LogP contribution < -0.4 is 10.0 Å². The van der Waals surface area contributed by atoms with Gasteiger partial charge in [0, 0.05) is 0 Å². The van der Waals surface area contributed by atoms with Crippen molar-refractivity contribution < 1.29 is 26.4 Å². The molecule has 1 aromatic heterocycles. The van der Waals surface area contributed by atoms with Crippen molar-refractivity contribution in [3.05, 3.63) is 18.2 Å². The highest BCUT2D eigenvalue weighted by molar-refractivity contribution is 7.89. The van der Waals surface area contributed by atoms with Crippen LogP contribution in [0.5, 0.6) is 0 Å². The van der Waals surface area contributed by atoms with Gasteiger partial charge in [0.05, 0.1) is 15.1 Å². The van der Waals surface area contributed by atoms with E-state index >= 15 is 0 Å². The van der Waals surface area contributed by atoms with E-state index in [-0.39, 0.29) is 15.5 Å². The van der Waals surface area contributed by atoms with Gasteiger partial charge in [-0.25, -0.2) is 18.1 Å². The maximum absolute atomic E-state index is 12.1. The second-order valence-corrected chi connectivity index (χ2v) is 6.73. The molecule has 6 nitrogen and oxygen atoms in total. The second kappa shape index (κ2) is 5.24. The first-order valence-corrected chi connectivity index (χ1v) is 7.66. The van der Waals surface area contributed by atoms with Gasteiger partial charge < -0.3 is 0 Å². The third-order valence-corrected chi connectivity index (χ3v) is 4.76. The number of benzene rings is 1. The fourth-order valence-electron chi connectivity index (χ4n) is 1.41. The summed E-state index contributed by atoms with van der Waals surface area (Å²) in [6.45, 7) is 0. The van der Waals surface area contributed by atoms with E-state index in [0.29, 0.717) is 4.70 Å². The Morgan fingerprint density at radius 1 is 1.33 bits per heavy atom. The minimum absolute atomic E-state index is 0.0464. The standard InChI is InChI=1S/C10H8F3N3O3S2/c1-14-21(18,19)5-2-3-6-7(4-5)20-9(15-6)16-8(17)10(11,12)13/h2-4,14H,1H3,(H,15,16,17). The maximum atomic E-state index is 12.1. The van der Waals surface area contributed by atoms with Gasteiger partial charge in [-0.3, -0.25) is 10.1 Å². The molecule has 0 radical (unpaired) electrons. The molecule has 2 N–H and O–H groups in total. The van der Waals surface area contributed by atoms with E-state index in [0.717, 1.165) is 11.3 Å². The molecule has 0 fully saturated rings. The average molecular weight is 339 g/mol. The van der Waals surface area contributed by atoms with Crippen LogP contribution in [0.15, 0.2) is 23.1 Å². The minimum atomic E-state index is -5.02. The number of hydrogen-bond donors (Lipinski definition) is 2. The van der Waals surface area contributed by atoms with Gasteiger partial charge in [-0.15, -0.1) is 0 Å². The number of amides is 1. The quantitative estimate of drug-likeness (QED) is 0.891. The van der Waals surface area contributed by atoms with Crippen LogP contribution in [0.3, 0.4) is 0 Å². The van der Waals surface area contributed by atoms with Crippen molar-refractivity contribution in [3.8, 4) is 0 Å². The molecule has 0 aliphatic heterocycles. The summed E-state index contributed by atoms with van der Waals surface area (Å²) in [6, 6.07) is 3.88. The number of sulfonamides is 1. The molecule has 0 unspecified atom stereocenters. The number of fused-ring (bicyclic) bond motifs is 1. The number of hydrogen-bond acceptors (Lipinski definition) is 5. The number of carbonyl (C=O) groups excluding carboxylic acids is 1. The zero-order valence-electron chi connectivity index (χ0n) is 10.4. The number of halogens is 3. The van der Waals surface area contributed by atoms with Crippen LogP contribution in [0.4, 0.5) is 18.3 Å². The van der Waals surface area contributed by atoms with Crippen LogP contribution in [-0.4, -0.2) is 32.5 Å². The van der Waals surface area contributed by atoms with Gasteiger partial charge in [0.1, 0.15) is 0 Å². The molecule has 114 valence electrons.